The molecule has 19 heavy (non-hydrogen) atoms. The van der Waals surface area contributed by atoms with Crippen molar-refractivity contribution < 1.29 is 21.6 Å². The molecule has 104 valence electrons. The summed E-state index contributed by atoms with van der Waals surface area (Å²) in [5.41, 5.74) is 4.31. The highest BCUT2D eigenvalue weighted by molar-refractivity contribution is 7.91. The Kier molecular flexibility index (Phi) is 3.31. The van der Waals surface area contributed by atoms with E-state index in [9.17, 15) is 21.6 Å². The van der Waals surface area contributed by atoms with E-state index < -0.39 is 27.3 Å². The van der Waals surface area contributed by atoms with Gasteiger partial charge < -0.3 is 10.7 Å². The van der Waals surface area contributed by atoms with Crippen LogP contribution in [-0.2, 0) is 16.0 Å². The van der Waals surface area contributed by atoms with Crippen LogP contribution in [0.2, 0.25) is 0 Å². The minimum atomic E-state index is -4.60. The molecule has 0 bridgehead atoms. The van der Waals surface area contributed by atoms with Gasteiger partial charge in [-0.1, -0.05) is 0 Å². The van der Waals surface area contributed by atoms with Crippen LogP contribution in [0.25, 0.3) is 10.9 Å². The predicted octanol–water partition coefficient (Wildman–Crippen LogP) is 1.92. The number of nitrogens with one attached hydrogen (secondary N) is 1. The fourth-order valence-electron chi connectivity index (χ4n) is 1.82. The fourth-order valence-corrected chi connectivity index (χ4v) is 3.17. The number of alkyl halides is 3. The lowest BCUT2D eigenvalue weighted by Crippen LogP contribution is -2.17. The van der Waals surface area contributed by atoms with Crippen LogP contribution in [-0.4, -0.2) is 25.7 Å². The van der Waals surface area contributed by atoms with Gasteiger partial charge in [0.25, 0.3) is 0 Å². The number of halogens is 3. The third-order valence-electron chi connectivity index (χ3n) is 2.68. The van der Waals surface area contributed by atoms with E-state index in [-0.39, 0.29) is 22.3 Å². The van der Waals surface area contributed by atoms with Crippen molar-refractivity contribution in [1.82, 2.24) is 4.98 Å². The highest BCUT2D eigenvalue weighted by Crippen LogP contribution is 2.34. The first-order valence-electron chi connectivity index (χ1n) is 5.37. The molecule has 0 unspecified atom stereocenters. The molecule has 4 nitrogen and oxygen atoms in total. The zero-order valence-corrected chi connectivity index (χ0v) is 10.5. The molecule has 0 aliphatic carbocycles. The number of aromatic nitrogens is 1. The van der Waals surface area contributed by atoms with E-state index in [0.29, 0.717) is 6.07 Å². The monoisotopic (exact) mass is 292 g/mol. The molecule has 0 radical (unpaired) electrons. The van der Waals surface area contributed by atoms with Crippen LogP contribution in [0.4, 0.5) is 13.2 Å². The molecular formula is C11H11F3N2O2S. The zero-order chi connectivity index (χ0) is 14.3. The van der Waals surface area contributed by atoms with E-state index in [0.717, 1.165) is 6.07 Å². The number of H-pyrrole nitrogens is 1. The molecule has 2 aromatic rings. The number of rotatable bonds is 3. The minimum Gasteiger partial charge on any atom is -0.361 e. The summed E-state index contributed by atoms with van der Waals surface area (Å²) in [4.78, 5) is 2.25. The Morgan fingerprint density at radius 2 is 1.95 bits per heavy atom. The number of benzene rings is 1. The summed E-state index contributed by atoms with van der Waals surface area (Å²) in [7, 11) is -3.83. The molecule has 0 fully saturated rings. The maximum absolute atomic E-state index is 12.7. The van der Waals surface area contributed by atoms with E-state index in [4.69, 9.17) is 5.73 Å². The fraction of sp³-hybridized carbons (Fsp3) is 0.273. The van der Waals surface area contributed by atoms with E-state index in [1.54, 1.807) is 0 Å². The van der Waals surface area contributed by atoms with Gasteiger partial charge in [-0.3, -0.25) is 0 Å². The topological polar surface area (TPSA) is 76.0 Å². The van der Waals surface area contributed by atoms with Crippen molar-refractivity contribution in [3.63, 3.8) is 0 Å². The first kappa shape index (κ1) is 13.9. The molecule has 0 atom stereocenters. The molecule has 1 aromatic heterocycles. The van der Waals surface area contributed by atoms with Gasteiger partial charge in [0.1, 0.15) is 0 Å². The Labute approximate surface area is 107 Å². The average molecular weight is 292 g/mol. The second-order valence-electron chi connectivity index (χ2n) is 4.02. The first-order chi connectivity index (χ1) is 8.75. The van der Waals surface area contributed by atoms with Crippen LogP contribution < -0.4 is 5.73 Å². The smallest absolute Gasteiger partial charge is 0.361 e. The van der Waals surface area contributed by atoms with Crippen molar-refractivity contribution in [3.8, 4) is 0 Å². The molecule has 2 rings (SSSR count). The first-order valence-corrected chi connectivity index (χ1v) is 7.02. The van der Waals surface area contributed by atoms with Gasteiger partial charge in [-0.05, 0) is 18.2 Å². The number of sulfone groups is 1. The number of fused-ring (bicyclic) bond motifs is 1. The number of hydrogen-bond donors (Lipinski definition) is 2. The summed E-state index contributed by atoms with van der Waals surface area (Å²) in [6.07, 6.45) is -3.21. The molecule has 1 aromatic carbocycles. The Hall–Kier alpha value is -1.54. The summed E-state index contributed by atoms with van der Waals surface area (Å²) in [5.74, 6) is -0.394. The van der Waals surface area contributed by atoms with Gasteiger partial charge in [0, 0.05) is 23.6 Å². The Balaban J connectivity index is 2.75. The van der Waals surface area contributed by atoms with E-state index >= 15 is 0 Å². The van der Waals surface area contributed by atoms with Crippen molar-refractivity contribution in [1.29, 1.82) is 0 Å². The van der Waals surface area contributed by atoms with Crippen LogP contribution in [0.5, 0.6) is 0 Å². The van der Waals surface area contributed by atoms with Gasteiger partial charge in [0.2, 0.25) is 0 Å². The van der Waals surface area contributed by atoms with Crippen LogP contribution in [0.15, 0.2) is 29.3 Å². The standard InChI is InChI=1S/C11H11F3N2O2S/c12-11(13,14)7-5-9-8(1-3-16-9)10(6-7)19(17,18)4-2-15/h1,3,5-6,16H,2,4,15H2. The van der Waals surface area contributed by atoms with Crippen LogP contribution in [0, 0.1) is 0 Å². The molecule has 3 N–H and O–H groups in total. The number of nitrogens with two attached hydrogens (primary N) is 1. The van der Waals surface area contributed by atoms with E-state index in [2.05, 4.69) is 4.98 Å². The van der Waals surface area contributed by atoms with Crippen molar-refractivity contribution in [2.24, 2.45) is 5.73 Å². The van der Waals surface area contributed by atoms with Crippen molar-refractivity contribution in [3.05, 3.63) is 30.0 Å². The largest absolute Gasteiger partial charge is 0.416 e. The lowest BCUT2D eigenvalue weighted by atomic mass is 10.1. The van der Waals surface area contributed by atoms with E-state index in [1.807, 2.05) is 0 Å². The molecule has 0 spiro atoms. The maximum Gasteiger partial charge on any atom is 0.416 e. The molecule has 8 heteroatoms. The van der Waals surface area contributed by atoms with Gasteiger partial charge in [-0.2, -0.15) is 13.2 Å². The van der Waals surface area contributed by atoms with Crippen molar-refractivity contribution in [2.75, 3.05) is 12.3 Å². The number of hydrogen-bond acceptors (Lipinski definition) is 3. The summed E-state index contributed by atoms with van der Waals surface area (Å²) in [6.45, 7) is -0.148. The summed E-state index contributed by atoms with van der Waals surface area (Å²) in [5, 5.41) is 0.237. The van der Waals surface area contributed by atoms with Gasteiger partial charge >= 0.3 is 6.18 Å². The Morgan fingerprint density at radius 3 is 2.53 bits per heavy atom. The maximum atomic E-state index is 12.7. The lowest BCUT2D eigenvalue weighted by molar-refractivity contribution is -0.137. The SMILES string of the molecule is NCCS(=O)(=O)c1cc(C(F)(F)F)cc2[nH]ccc12. The molecule has 1 heterocycles. The number of aromatic amines is 1. The average Bonchev–Trinajstić information content (AvgIpc) is 2.73. The van der Waals surface area contributed by atoms with Crippen molar-refractivity contribution in [2.45, 2.75) is 11.1 Å². The van der Waals surface area contributed by atoms with Gasteiger partial charge in [-0.25, -0.2) is 8.42 Å². The molecule has 0 aliphatic heterocycles. The molecular weight excluding hydrogens is 281 g/mol. The predicted molar refractivity (Wildman–Crippen MR) is 64.4 cm³/mol. The van der Waals surface area contributed by atoms with Gasteiger partial charge in [-0.15, -0.1) is 0 Å². The zero-order valence-electron chi connectivity index (χ0n) is 9.66. The second-order valence-corrected chi connectivity index (χ2v) is 6.10. The quantitative estimate of drug-likeness (QED) is 0.907. The second kappa shape index (κ2) is 4.53. The van der Waals surface area contributed by atoms with Gasteiger partial charge in [0.05, 0.1) is 16.2 Å². The lowest BCUT2D eigenvalue weighted by Gasteiger charge is -2.10. The van der Waals surface area contributed by atoms with Crippen LogP contribution >= 0.6 is 0 Å². The van der Waals surface area contributed by atoms with Crippen molar-refractivity contribution >= 4 is 20.7 Å². The summed E-state index contributed by atoms with van der Waals surface area (Å²) in [6, 6.07) is 2.97. The Morgan fingerprint density at radius 1 is 1.26 bits per heavy atom. The van der Waals surface area contributed by atoms with Crippen LogP contribution in [0.1, 0.15) is 5.56 Å². The minimum absolute atomic E-state index is 0.130. The summed E-state index contributed by atoms with van der Waals surface area (Å²) < 4.78 is 62.2. The molecule has 0 saturated carbocycles. The third kappa shape index (κ3) is 2.59. The molecule has 0 saturated heterocycles. The third-order valence-corrected chi connectivity index (χ3v) is 4.46. The van der Waals surface area contributed by atoms with Crippen LogP contribution in [0.3, 0.4) is 0 Å². The normalized spacial score (nSPS) is 13.1. The molecule has 0 aliphatic rings. The highest BCUT2D eigenvalue weighted by atomic mass is 32.2. The Bertz CT molecular complexity index is 704. The molecule has 0 amide bonds. The summed E-state index contributed by atoms with van der Waals surface area (Å²) >= 11 is 0. The highest BCUT2D eigenvalue weighted by Gasteiger charge is 2.33. The van der Waals surface area contributed by atoms with Gasteiger partial charge in [0.15, 0.2) is 9.84 Å². The van der Waals surface area contributed by atoms with E-state index in [1.165, 1.54) is 12.3 Å².